The van der Waals surface area contributed by atoms with Gasteiger partial charge in [0.05, 0.1) is 5.56 Å². The molecule has 1 aromatic heterocycles. The molecule has 172 valence electrons. The first-order valence-corrected chi connectivity index (χ1v) is 11.8. The summed E-state index contributed by atoms with van der Waals surface area (Å²) in [4.78, 5) is 6.00. The van der Waals surface area contributed by atoms with Crippen molar-refractivity contribution in [2.24, 2.45) is 0 Å². The van der Waals surface area contributed by atoms with Crippen LogP contribution in [0.1, 0.15) is 28.8 Å². The van der Waals surface area contributed by atoms with Gasteiger partial charge in [-0.15, -0.1) is 11.3 Å². The summed E-state index contributed by atoms with van der Waals surface area (Å²) in [6.07, 6.45) is -0.997. The average molecular weight is 463 g/mol. The number of thiophene rings is 1. The molecule has 2 aromatic carbocycles. The van der Waals surface area contributed by atoms with Crippen LogP contribution in [0, 0.1) is 0 Å². The lowest BCUT2D eigenvalue weighted by molar-refractivity contribution is -0.137. The third-order valence-electron chi connectivity index (χ3n) is 6.30. The molecule has 0 spiro atoms. The molecule has 1 aliphatic heterocycles. The molecule has 0 bridgehead atoms. The van der Waals surface area contributed by atoms with Crippen molar-refractivity contribution in [2.75, 3.05) is 33.7 Å². The predicted octanol–water partition coefficient (Wildman–Crippen LogP) is 6.07. The highest BCUT2D eigenvalue weighted by atomic mass is 32.1. The second-order valence-corrected chi connectivity index (χ2v) is 9.73. The summed E-state index contributed by atoms with van der Waals surface area (Å²) in [5.74, 6) is 0.451. The summed E-state index contributed by atoms with van der Waals surface area (Å²) in [5.41, 5.74) is 0.637. The van der Waals surface area contributed by atoms with E-state index in [-0.39, 0.29) is 0 Å². The molecular formula is C25H29F3N2OS. The van der Waals surface area contributed by atoms with Crippen LogP contribution in [0.2, 0.25) is 0 Å². The van der Waals surface area contributed by atoms with E-state index in [1.165, 1.54) is 40.6 Å². The number of alkyl halides is 3. The molecule has 0 aliphatic carbocycles. The van der Waals surface area contributed by atoms with E-state index in [2.05, 4.69) is 42.1 Å². The van der Waals surface area contributed by atoms with Crippen LogP contribution < -0.4 is 4.74 Å². The van der Waals surface area contributed by atoms with Crippen LogP contribution in [0.5, 0.6) is 5.75 Å². The van der Waals surface area contributed by atoms with Crippen molar-refractivity contribution in [3.05, 3.63) is 64.5 Å². The maximum atomic E-state index is 12.8. The lowest BCUT2D eigenvalue weighted by Gasteiger charge is -2.35. The Morgan fingerprint density at radius 3 is 2.38 bits per heavy atom. The van der Waals surface area contributed by atoms with Gasteiger partial charge in [0.25, 0.3) is 0 Å². The summed E-state index contributed by atoms with van der Waals surface area (Å²) in [5, 5.41) is 1.26. The lowest BCUT2D eigenvalue weighted by atomic mass is 10.0. The number of likely N-dealkylation sites (tertiary alicyclic amines) is 1. The highest BCUT2D eigenvalue weighted by molar-refractivity contribution is 7.19. The maximum absolute atomic E-state index is 12.8. The standard InChI is InChI=1S/C25H29F3N2OS/c1-29(2)19-11-14-30(15-12-19)16-13-22-21-5-3-4-6-23(21)32-24(22)17-31-20-9-7-18(8-10-20)25(26,27)28/h3-10,19H,11-17H2,1-2H3. The quantitative estimate of drug-likeness (QED) is 0.424. The minimum absolute atomic E-state index is 0.364. The first-order chi connectivity index (χ1) is 15.3. The smallest absolute Gasteiger partial charge is 0.416 e. The van der Waals surface area contributed by atoms with E-state index < -0.39 is 11.7 Å². The topological polar surface area (TPSA) is 15.7 Å². The van der Waals surface area contributed by atoms with E-state index in [4.69, 9.17) is 4.74 Å². The van der Waals surface area contributed by atoms with Crippen LogP contribution in [-0.4, -0.2) is 49.6 Å². The SMILES string of the molecule is CN(C)C1CCN(CCc2c(COc3ccc(C(F)(F)F)cc3)sc3ccccc23)CC1. The van der Waals surface area contributed by atoms with Gasteiger partial charge in [0, 0.05) is 22.2 Å². The van der Waals surface area contributed by atoms with E-state index in [0.29, 0.717) is 18.4 Å². The molecule has 0 saturated carbocycles. The predicted molar refractivity (Wildman–Crippen MR) is 124 cm³/mol. The van der Waals surface area contributed by atoms with Crippen LogP contribution in [0.3, 0.4) is 0 Å². The Morgan fingerprint density at radius 1 is 1.03 bits per heavy atom. The van der Waals surface area contributed by atoms with Gasteiger partial charge in [0.2, 0.25) is 0 Å². The molecule has 7 heteroatoms. The second kappa shape index (κ2) is 9.81. The summed E-state index contributed by atoms with van der Waals surface area (Å²) in [6, 6.07) is 14.0. The fraction of sp³-hybridized carbons (Fsp3) is 0.440. The molecule has 32 heavy (non-hydrogen) atoms. The van der Waals surface area contributed by atoms with E-state index >= 15 is 0 Å². The summed E-state index contributed by atoms with van der Waals surface area (Å²) in [7, 11) is 4.31. The lowest BCUT2D eigenvalue weighted by Crippen LogP contribution is -2.42. The third kappa shape index (κ3) is 5.45. The zero-order chi connectivity index (χ0) is 22.7. The van der Waals surface area contributed by atoms with E-state index in [0.717, 1.165) is 43.1 Å². The number of benzene rings is 2. The second-order valence-electron chi connectivity index (χ2n) is 8.60. The number of rotatable bonds is 7. The molecule has 3 aromatic rings. The third-order valence-corrected chi connectivity index (χ3v) is 7.49. The number of fused-ring (bicyclic) bond motifs is 1. The van der Waals surface area contributed by atoms with Crippen molar-refractivity contribution in [3.8, 4) is 5.75 Å². The van der Waals surface area contributed by atoms with E-state index in [1.807, 2.05) is 6.07 Å². The van der Waals surface area contributed by atoms with Gasteiger partial charge in [-0.2, -0.15) is 13.2 Å². The van der Waals surface area contributed by atoms with Crippen molar-refractivity contribution < 1.29 is 17.9 Å². The number of piperidine rings is 1. The Morgan fingerprint density at radius 2 is 1.72 bits per heavy atom. The number of hydrogen-bond donors (Lipinski definition) is 0. The Hall–Kier alpha value is -2.09. The highest BCUT2D eigenvalue weighted by Crippen LogP contribution is 2.34. The van der Waals surface area contributed by atoms with Crippen molar-refractivity contribution in [1.29, 1.82) is 0 Å². The zero-order valence-corrected chi connectivity index (χ0v) is 19.3. The Bertz CT molecular complexity index is 1020. The van der Waals surface area contributed by atoms with Gasteiger partial charge < -0.3 is 14.5 Å². The maximum Gasteiger partial charge on any atom is 0.416 e. The molecule has 1 fully saturated rings. The molecule has 2 heterocycles. The molecule has 1 aliphatic rings. The zero-order valence-electron chi connectivity index (χ0n) is 18.5. The molecule has 0 N–H and O–H groups in total. The first-order valence-electron chi connectivity index (χ1n) is 11.0. The molecule has 3 nitrogen and oxygen atoms in total. The van der Waals surface area contributed by atoms with Crippen LogP contribution in [-0.2, 0) is 19.2 Å². The summed E-state index contributed by atoms with van der Waals surface area (Å²) < 4.78 is 45.5. The molecule has 1 saturated heterocycles. The van der Waals surface area contributed by atoms with Crippen molar-refractivity contribution in [1.82, 2.24) is 9.80 Å². The van der Waals surface area contributed by atoms with Crippen LogP contribution in [0.4, 0.5) is 13.2 Å². The molecule has 0 unspecified atom stereocenters. The van der Waals surface area contributed by atoms with Crippen molar-refractivity contribution >= 4 is 21.4 Å². The monoisotopic (exact) mass is 462 g/mol. The van der Waals surface area contributed by atoms with Gasteiger partial charge in [0.1, 0.15) is 12.4 Å². The van der Waals surface area contributed by atoms with Gasteiger partial charge in [-0.25, -0.2) is 0 Å². The van der Waals surface area contributed by atoms with Crippen molar-refractivity contribution in [3.63, 3.8) is 0 Å². The minimum Gasteiger partial charge on any atom is -0.488 e. The van der Waals surface area contributed by atoms with Gasteiger partial charge in [-0.3, -0.25) is 0 Å². The molecular weight excluding hydrogens is 433 g/mol. The highest BCUT2D eigenvalue weighted by Gasteiger charge is 2.30. The minimum atomic E-state index is -4.34. The van der Waals surface area contributed by atoms with Crippen LogP contribution in [0.15, 0.2) is 48.5 Å². The molecule has 0 radical (unpaired) electrons. The number of halogens is 3. The van der Waals surface area contributed by atoms with Crippen LogP contribution in [0.25, 0.3) is 10.1 Å². The van der Waals surface area contributed by atoms with Gasteiger partial charge in [-0.1, -0.05) is 18.2 Å². The fourth-order valence-electron chi connectivity index (χ4n) is 4.36. The number of hydrogen-bond acceptors (Lipinski definition) is 4. The number of nitrogens with zero attached hydrogens (tertiary/aromatic N) is 2. The summed E-state index contributed by atoms with van der Waals surface area (Å²) in [6.45, 7) is 3.60. The molecule has 0 atom stereocenters. The Balaban J connectivity index is 1.43. The van der Waals surface area contributed by atoms with Crippen molar-refractivity contribution in [2.45, 2.75) is 38.1 Å². The molecule has 0 amide bonds. The van der Waals surface area contributed by atoms with Gasteiger partial charge in [0.15, 0.2) is 0 Å². The number of ether oxygens (including phenoxy) is 1. The van der Waals surface area contributed by atoms with Crippen LogP contribution >= 0.6 is 11.3 Å². The Labute approximate surface area is 191 Å². The normalized spacial score (nSPS) is 16.2. The summed E-state index contributed by atoms with van der Waals surface area (Å²) >= 11 is 1.71. The Kier molecular flexibility index (Phi) is 7.08. The van der Waals surface area contributed by atoms with Gasteiger partial charge in [-0.05, 0) is 87.7 Å². The average Bonchev–Trinajstić information content (AvgIpc) is 3.13. The van der Waals surface area contributed by atoms with E-state index in [9.17, 15) is 13.2 Å². The molecule has 4 rings (SSSR count). The largest absolute Gasteiger partial charge is 0.488 e. The van der Waals surface area contributed by atoms with Gasteiger partial charge >= 0.3 is 6.18 Å². The first kappa shape index (κ1) is 23.1. The fourth-order valence-corrected chi connectivity index (χ4v) is 5.52. The van der Waals surface area contributed by atoms with E-state index in [1.54, 1.807) is 11.3 Å².